The lowest BCUT2D eigenvalue weighted by Crippen LogP contribution is -2.52. The van der Waals surface area contributed by atoms with Crippen molar-refractivity contribution in [3.63, 3.8) is 0 Å². The van der Waals surface area contributed by atoms with E-state index in [1.165, 1.54) is 6.42 Å². The monoisotopic (exact) mass is 284 g/mol. The number of amides is 1. The van der Waals surface area contributed by atoms with Crippen molar-refractivity contribution < 1.29 is 4.79 Å². The van der Waals surface area contributed by atoms with Crippen molar-refractivity contribution >= 4 is 11.6 Å². The molecule has 0 aliphatic heterocycles. The van der Waals surface area contributed by atoms with E-state index in [1.54, 1.807) is 6.20 Å². The van der Waals surface area contributed by atoms with E-state index in [2.05, 4.69) is 15.5 Å². The fraction of sp³-hybridized carbons (Fsp3) is 0.375. The maximum absolute atomic E-state index is 12.4. The molecule has 1 aromatic heterocycles. The number of carbonyl (C=O) groups is 1. The normalized spacial score (nSPS) is 17.4. The van der Waals surface area contributed by atoms with Gasteiger partial charge in [0.15, 0.2) is 0 Å². The second-order valence-corrected chi connectivity index (χ2v) is 5.72. The second kappa shape index (κ2) is 5.69. The molecule has 1 aromatic carbocycles. The van der Waals surface area contributed by atoms with Gasteiger partial charge in [-0.3, -0.25) is 9.89 Å². The molecule has 0 atom stereocenters. The molecule has 0 unspecified atom stereocenters. The lowest BCUT2D eigenvalue weighted by molar-refractivity contribution is -0.122. The largest absolute Gasteiger partial charge is 0.324 e. The lowest BCUT2D eigenvalue weighted by atomic mass is 9.82. The molecular weight excluding hydrogens is 264 g/mol. The van der Waals surface area contributed by atoms with Crippen LogP contribution < -0.4 is 11.1 Å². The Labute approximate surface area is 123 Å². The van der Waals surface area contributed by atoms with Crippen molar-refractivity contribution in [2.24, 2.45) is 5.73 Å². The Hall–Kier alpha value is -2.14. The first-order valence-corrected chi connectivity index (χ1v) is 7.38. The number of nitrogens with zero attached hydrogens (tertiary/aromatic N) is 1. The van der Waals surface area contributed by atoms with Gasteiger partial charge in [-0.15, -0.1) is 0 Å². The number of nitrogens with one attached hydrogen (secondary N) is 2. The van der Waals surface area contributed by atoms with Crippen molar-refractivity contribution in [2.45, 2.75) is 37.6 Å². The summed E-state index contributed by atoms with van der Waals surface area (Å²) < 4.78 is 0. The van der Waals surface area contributed by atoms with Crippen molar-refractivity contribution in [3.05, 3.63) is 36.5 Å². The van der Waals surface area contributed by atoms with Crippen LogP contribution >= 0.6 is 0 Å². The Morgan fingerprint density at radius 3 is 2.48 bits per heavy atom. The van der Waals surface area contributed by atoms with Crippen LogP contribution in [0.1, 0.15) is 32.1 Å². The molecule has 1 amide bonds. The quantitative estimate of drug-likeness (QED) is 0.810. The number of benzene rings is 1. The van der Waals surface area contributed by atoms with Gasteiger partial charge in [-0.2, -0.15) is 5.10 Å². The van der Waals surface area contributed by atoms with Gasteiger partial charge in [0.05, 0.1) is 11.2 Å². The van der Waals surface area contributed by atoms with Crippen molar-refractivity contribution in [1.82, 2.24) is 10.2 Å². The highest BCUT2D eigenvalue weighted by Crippen LogP contribution is 2.27. The number of anilines is 1. The van der Waals surface area contributed by atoms with Crippen molar-refractivity contribution in [3.8, 4) is 11.3 Å². The number of rotatable bonds is 3. The average molecular weight is 284 g/mol. The van der Waals surface area contributed by atoms with Crippen LogP contribution in [0.25, 0.3) is 11.3 Å². The molecule has 2 aromatic rings. The summed E-state index contributed by atoms with van der Waals surface area (Å²) in [5, 5.41) is 9.78. The van der Waals surface area contributed by atoms with Crippen LogP contribution in [0.2, 0.25) is 0 Å². The molecule has 0 radical (unpaired) electrons. The maximum Gasteiger partial charge on any atom is 0.244 e. The molecule has 1 heterocycles. The number of carbonyl (C=O) groups excluding carboxylic acids is 1. The van der Waals surface area contributed by atoms with Gasteiger partial charge in [0, 0.05) is 11.9 Å². The molecule has 0 spiro atoms. The van der Waals surface area contributed by atoms with E-state index in [9.17, 15) is 4.79 Å². The first-order valence-electron chi connectivity index (χ1n) is 7.38. The molecule has 21 heavy (non-hydrogen) atoms. The Bertz CT molecular complexity index is 598. The van der Waals surface area contributed by atoms with Gasteiger partial charge >= 0.3 is 0 Å². The fourth-order valence-electron chi connectivity index (χ4n) is 2.82. The van der Waals surface area contributed by atoms with E-state index >= 15 is 0 Å². The van der Waals surface area contributed by atoms with Crippen LogP contribution in [0.5, 0.6) is 0 Å². The zero-order valence-electron chi connectivity index (χ0n) is 11.9. The summed E-state index contributed by atoms with van der Waals surface area (Å²) in [7, 11) is 0. The zero-order chi connectivity index (χ0) is 14.7. The molecule has 110 valence electrons. The number of aromatic nitrogens is 2. The summed E-state index contributed by atoms with van der Waals surface area (Å²) in [6.45, 7) is 0. The van der Waals surface area contributed by atoms with E-state index in [4.69, 9.17) is 5.73 Å². The zero-order valence-corrected chi connectivity index (χ0v) is 11.9. The highest BCUT2D eigenvalue weighted by atomic mass is 16.2. The molecule has 1 aliphatic rings. The minimum absolute atomic E-state index is 0.0727. The third-order valence-electron chi connectivity index (χ3n) is 4.15. The number of hydrogen-bond donors (Lipinski definition) is 3. The highest BCUT2D eigenvalue weighted by molar-refractivity contribution is 5.98. The van der Waals surface area contributed by atoms with Crippen LogP contribution in [0.4, 0.5) is 5.69 Å². The average Bonchev–Trinajstić information content (AvgIpc) is 3.03. The summed E-state index contributed by atoms with van der Waals surface area (Å²) >= 11 is 0. The van der Waals surface area contributed by atoms with Crippen LogP contribution in [-0.4, -0.2) is 21.6 Å². The Balaban J connectivity index is 1.69. The second-order valence-electron chi connectivity index (χ2n) is 5.72. The topological polar surface area (TPSA) is 83.8 Å². The third kappa shape index (κ3) is 2.97. The van der Waals surface area contributed by atoms with Gasteiger partial charge in [0.25, 0.3) is 0 Å². The number of nitrogens with two attached hydrogens (primary N) is 1. The molecular formula is C16H20N4O. The molecule has 1 aliphatic carbocycles. The number of aromatic amines is 1. The number of hydrogen-bond acceptors (Lipinski definition) is 3. The van der Waals surface area contributed by atoms with Crippen LogP contribution in [-0.2, 0) is 4.79 Å². The summed E-state index contributed by atoms with van der Waals surface area (Å²) in [6, 6.07) is 9.59. The van der Waals surface area contributed by atoms with E-state index in [1.807, 2.05) is 30.3 Å². The first kappa shape index (κ1) is 13.8. The highest BCUT2D eigenvalue weighted by Gasteiger charge is 2.35. The first-order chi connectivity index (χ1) is 10.2. The SMILES string of the molecule is NC1(C(=O)Nc2ccc(-c3ccn[nH]3)cc2)CCCCC1. The molecule has 3 rings (SSSR count). The summed E-state index contributed by atoms with van der Waals surface area (Å²) in [5.74, 6) is -0.0727. The van der Waals surface area contributed by atoms with E-state index in [-0.39, 0.29) is 5.91 Å². The van der Waals surface area contributed by atoms with Crippen molar-refractivity contribution in [2.75, 3.05) is 5.32 Å². The van der Waals surface area contributed by atoms with Gasteiger partial charge in [-0.25, -0.2) is 0 Å². The minimum atomic E-state index is -0.708. The molecule has 1 saturated carbocycles. The molecule has 4 N–H and O–H groups in total. The minimum Gasteiger partial charge on any atom is -0.324 e. The molecule has 5 heteroatoms. The predicted molar refractivity (Wildman–Crippen MR) is 82.7 cm³/mol. The Morgan fingerprint density at radius 1 is 1.14 bits per heavy atom. The maximum atomic E-state index is 12.4. The predicted octanol–water partition coefficient (Wildman–Crippen LogP) is 2.68. The Morgan fingerprint density at radius 2 is 1.86 bits per heavy atom. The van der Waals surface area contributed by atoms with Gasteiger partial charge in [0.2, 0.25) is 5.91 Å². The van der Waals surface area contributed by atoms with Crippen LogP contribution in [0, 0.1) is 0 Å². The lowest BCUT2D eigenvalue weighted by Gasteiger charge is -2.31. The molecule has 1 fully saturated rings. The molecule has 5 nitrogen and oxygen atoms in total. The van der Waals surface area contributed by atoms with Crippen molar-refractivity contribution in [1.29, 1.82) is 0 Å². The summed E-state index contributed by atoms with van der Waals surface area (Å²) in [4.78, 5) is 12.4. The van der Waals surface area contributed by atoms with Gasteiger partial charge in [-0.1, -0.05) is 31.4 Å². The van der Waals surface area contributed by atoms with Gasteiger partial charge < -0.3 is 11.1 Å². The van der Waals surface area contributed by atoms with Crippen LogP contribution in [0.15, 0.2) is 36.5 Å². The summed E-state index contributed by atoms with van der Waals surface area (Å²) in [6.07, 6.45) is 6.48. The fourth-order valence-corrected chi connectivity index (χ4v) is 2.82. The van der Waals surface area contributed by atoms with Gasteiger partial charge in [0.1, 0.15) is 0 Å². The smallest absolute Gasteiger partial charge is 0.244 e. The number of H-pyrrole nitrogens is 1. The van der Waals surface area contributed by atoms with Crippen LogP contribution in [0.3, 0.4) is 0 Å². The standard InChI is InChI=1S/C16H20N4O/c17-16(9-2-1-3-10-16)15(21)19-13-6-4-12(5-7-13)14-8-11-18-20-14/h4-8,11H,1-3,9-10,17H2,(H,18,20)(H,19,21). The van der Waals surface area contributed by atoms with E-state index in [0.29, 0.717) is 0 Å². The van der Waals surface area contributed by atoms with Gasteiger partial charge in [-0.05, 0) is 36.6 Å². The molecule has 0 bridgehead atoms. The van der Waals surface area contributed by atoms with E-state index < -0.39 is 5.54 Å². The van der Waals surface area contributed by atoms with E-state index in [0.717, 1.165) is 42.6 Å². The Kier molecular flexibility index (Phi) is 3.75. The summed E-state index contributed by atoms with van der Waals surface area (Å²) in [5.41, 5.74) is 8.29. The molecule has 0 saturated heterocycles. The third-order valence-corrected chi connectivity index (χ3v) is 4.15.